The zero-order valence-electron chi connectivity index (χ0n) is 17.2. The molecule has 8 N–H and O–H groups in total. The fraction of sp³-hybridized carbons (Fsp3) is 0.300. The first kappa shape index (κ1) is 24.9. The van der Waals surface area contributed by atoms with Gasteiger partial charge in [0.05, 0.1) is 24.7 Å². The Hall–Kier alpha value is -3.17. The number of rotatable bonds is 5. The molecule has 0 unspecified atom stereocenters. The molecule has 0 atom stereocenters. The second-order valence-corrected chi connectivity index (χ2v) is 6.52. The van der Waals surface area contributed by atoms with Gasteiger partial charge >= 0.3 is 0 Å². The minimum Gasteiger partial charge on any atom is -0.494 e. The van der Waals surface area contributed by atoms with Crippen molar-refractivity contribution in [3.63, 3.8) is 0 Å². The van der Waals surface area contributed by atoms with Gasteiger partial charge in [-0.1, -0.05) is 23.7 Å². The molecule has 1 amide bonds. The average molecular weight is 437 g/mol. The summed E-state index contributed by atoms with van der Waals surface area (Å²) >= 11 is 5.73. The first-order chi connectivity index (χ1) is 14.4. The number of allylic oxidation sites excluding steroid dienone is 2. The topological polar surface area (TPSA) is 154 Å². The highest BCUT2D eigenvalue weighted by Crippen LogP contribution is 2.36. The molecule has 10 heteroatoms. The van der Waals surface area contributed by atoms with Gasteiger partial charge in [0, 0.05) is 36.2 Å². The molecule has 0 saturated carbocycles. The van der Waals surface area contributed by atoms with Crippen LogP contribution in [-0.4, -0.2) is 36.9 Å². The van der Waals surface area contributed by atoms with Gasteiger partial charge in [0.2, 0.25) is 6.41 Å². The van der Waals surface area contributed by atoms with Gasteiger partial charge in [-0.2, -0.15) is 5.10 Å². The monoisotopic (exact) mass is 436 g/mol. The van der Waals surface area contributed by atoms with Gasteiger partial charge in [0.25, 0.3) is 0 Å². The summed E-state index contributed by atoms with van der Waals surface area (Å²) in [5.41, 5.74) is 19.3. The number of ether oxygens (including phenoxy) is 2. The Morgan fingerprint density at radius 2 is 2.00 bits per heavy atom. The van der Waals surface area contributed by atoms with E-state index in [0.717, 1.165) is 30.0 Å². The maximum absolute atomic E-state index is 8.58. The number of carbonyl (C=O) groups excluding carboxylic acids is 1. The number of halogens is 1. The summed E-state index contributed by atoms with van der Waals surface area (Å²) in [7, 11) is 1.61. The Bertz CT molecular complexity index is 817. The molecule has 1 aromatic carbocycles. The number of primary amides is 1. The molecule has 1 aromatic heterocycles. The van der Waals surface area contributed by atoms with Crippen LogP contribution in [-0.2, 0) is 9.53 Å². The maximum Gasteiger partial charge on any atom is 0.204 e. The van der Waals surface area contributed by atoms with Crippen molar-refractivity contribution in [2.24, 2.45) is 17.2 Å². The van der Waals surface area contributed by atoms with Crippen molar-refractivity contribution in [2.45, 2.75) is 19.8 Å². The van der Waals surface area contributed by atoms with Crippen molar-refractivity contribution in [3.8, 4) is 16.9 Å². The number of amides is 1. The van der Waals surface area contributed by atoms with Gasteiger partial charge in [0.1, 0.15) is 10.9 Å². The van der Waals surface area contributed by atoms with Crippen molar-refractivity contribution in [1.82, 2.24) is 10.2 Å². The maximum atomic E-state index is 8.58. The summed E-state index contributed by atoms with van der Waals surface area (Å²) in [6, 6.07) is 5.73. The van der Waals surface area contributed by atoms with E-state index in [9.17, 15) is 0 Å². The Morgan fingerprint density at radius 1 is 1.33 bits per heavy atom. The quantitative estimate of drug-likeness (QED) is 0.274. The van der Waals surface area contributed by atoms with Crippen molar-refractivity contribution in [1.29, 1.82) is 0 Å². The first-order valence-electron chi connectivity index (χ1n) is 9.19. The van der Waals surface area contributed by atoms with Crippen LogP contribution in [0.15, 0.2) is 53.2 Å². The van der Waals surface area contributed by atoms with Crippen LogP contribution in [0, 0.1) is 0 Å². The van der Waals surface area contributed by atoms with E-state index in [0.29, 0.717) is 17.1 Å². The van der Waals surface area contributed by atoms with Crippen LogP contribution in [0.25, 0.3) is 11.1 Å². The minimum absolute atomic E-state index is 0.136. The molecule has 1 saturated heterocycles. The Kier molecular flexibility index (Phi) is 11.5. The summed E-state index contributed by atoms with van der Waals surface area (Å²) < 4.78 is 10.5. The van der Waals surface area contributed by atoms with Crippen molar-refractivity contribution < 1.29 is 14.3 Å². The van der Waals surface area contributed by atoms with Crippen LogP contribution in [0.2, 0.25) is 0 Å². The number of methoxy groups -OCH3 is 1. The number of hydrogen-bond donors (Lipinski definition) is 5. The minimum atomic E-state index is 0.136. The molecule has 1 aliphatic heterocycles. The lowest BCUT2D eigenvalue weighted by Gasteiger charge is -2.16. The molecule has 30 heavy (non-hydrogen) atoms. The molecule has 164 valence electrons. The highest BCUT2D eigenvalue weighted by molar-refractivity contribution is 6.29. The van der Waals surface area contributed by atoms with Gasteiger partial charge in [0.15, 0.2) is 0 Å². The fourth-order valence-electron chi connectivity index (χ4n) is 2.52. The second kappa shape index (κ2) is 13.9. The standard InChI is InChI=1S/C15H18ClN5O.C4H8O.CH3NO/c1-9(17)13(6-14(16)18)21-12-5-3-4-11(15(12)22-2)10-7-19-20-8-10;1-2-4-5-3-1;2-1-3/h3-8,21H,17-18H2,1-2H3,(H,19,20);1-4H2;1H,(H2,2,3)/b13-9+,14-6-;;. The number of anilines is 1. The van der Waals surface area contributed by atoms with Crippen molar-refractivity contribution in [3.05, 3.63) is 53.2 Å². The molecule has 2 aromatic rings. The third-order valence-electron chi connectivity index (χ3n) is 3.83. The lowest BCUT2D eigenvalue weighted by atomic mass is 10.1. The lowest BCUT2D eigenvalue weighted by molar-refractivity contribution is -0.106. The summed E-state index contributed by atoms with van der Waals surface area (Å²) in [5.74, 6) is 0.671. The van der Waals surface area contributed by atoms with Crippen LogP contribution in [0.5, 0.6) is 5.75 Å². The number of aromatic amines is 1. The predicted octanol–water partition coefficient (Wildman–Crippen LogP) is 2.62. The Balaban J connectivity index is 0.000000472. The highest BCUT2D eigenvalue weighted by atomic mass is 35.5. The first-order valence-corrected chi connectivity index (χ1v) is 9.57. The van der Waals surface area contributed by atoms with E-state index in [1.165, 1.54) is 12.8 Å². The van der Waals surface area contributed by atoms with E-state index in [4.69, 9.17) is 37.3 Å². The molecule has 3 rings (SSSR count). The summed E-state index contributed by atoms with van der Waals surface area (Å²) in [6.45, 7) is 3.76. The number of H-pyrrole nitrogens is 1. The van der Waals surface area contributed by atoms with Gasteiger partial charge in [-0.05, 0) is 31.9 Å². The molecule has 1 aliphatic rings. The molecular formula is C20H29ClN6O3. The Labute approximate surface area is 181 Å². The van der Waals surface area contributed by atoms with E-state index in [2.05, 4.69) is 21.2 Å². The number of carbonyl (C=O) groups is 1. The second-order valence-electron chi connectivity index (χ2n) is 6.08. The molecular weight excluding hydrogens is 408 g/mol. The molecule has 0 aliphatic carbocycles. The number of nitrogens with one attached hydrogen (secondary N) is 2. The zero-order chi connectivity index (χ0) is 22.4. The number of nitrogens with two attached hydrogens (primary N) is 3. The van der Waals surface area contributed by atoms with Gasteiger partial charge < -0.3 is 32.0 Å². The van der Waals surface area contributed by atoms with Crippen molar-refractivity contribution in [2.75, 3.05) is 25.6 Å². The van der Waals surface area contributed by atoms with Crippen LogP contribution in [0.3, 0.4) is 0 Å². The van der Waals surface area contributed by atoms with Crippen LogP contribution in [0.1, 0.15) is 19.8 Å². The molecule has 0 radical (unpaired) electrons. The number of hydrogen-bond acceptors (Lipinski definition) is 7. The third kappa shape index (κ3) is 8.46. The van der Waals surface area contributed by atoms with E-state index < -0.39 is 0 Å². The van der Waals surface area contributed by atoms with Crippen LogP contribution >= 0.6 is 11.6 Å². The molecule has 0 bridgehead atoms. The third-order valence-corrected chi connectivity index (χ3v) is 3.94. The molecule has 0 spiro atoms. The van der Waals surface area contributed by atoms with Gasteiger partial charge in [-0.15, -0.1) is 0 Å². The van der Waals surface area contributed by atoms with E-state index >= 15 is 0 Å². The average Bonchev–Trinajstić information content (AvgIpc) is 3.44. The van der Waals surface area contributed by atoms with Gasteiger partial charge in [-0.25, -0.2) is 0 Å². The summed E-state index contributed by atoms with van der Waals surface area (Å²) in [4.78, 5) is 8.58. The molecule has 9 nitrogen and oxygen atoms in total. The fourth-order valence-corrected chi connectivity index (χ4v) is 2.63. The SMILES string of the molecule is C1CCOC1.COc1c(NC(/C=C(\N)Cl)=C(\C)N)cccc1-c1cn[nH]c1.NC=O. The predicted molar refractivity (Wildman–Crippen MR) is 120 cm³/mol. The van der Waals surface area contributed by atoms with Crippen molar-refractivity contribution >= 4 is 23.7 Å². The van der Waals surface area contributed by atoms with Crippen LogP contribution < -0.4 is 27.3 Å². The largest absolute Gasteiger partial charge is 0.494 e. The zero-order valence-corrected chi connectivity index (χ0v) is 17.9. The number of benzene rings is 1. The number of aromatic nitrogens is 2. The number of nitrogens with zero attached hydrogens (tertiary/aromatic N) is 1. The van der Waals surface area contributed by atoms with Crippen LogP contribution in [0.4, 0.5) is 5.69 Å². The Morgan fingerprint density at radius 3 is 2.43 bits per heavy atom. The molecule has 2 heterocycles. The normalized spacial score (nSPS) is 13.8. The smallest absolute Gasteiger partial charge is 0.204 e. The highest BCUT2D eigenvalue weighted by Gasteiger charge is 2.12. The van der Waals surface area contributed by atoms with E-state index in [-0.39, 0.29) is 11.6 Å². The van der Waals surface area contributed by atoms with E-state index in [1.54, 1.807) is 32.5 Å². The lowest BCUT2D eigenvalue weighted by Crippen LogP contribution is -2.08. The summed E-state index contributed by atoms with van der Waals surface area (Å²) in [6.07, 6.45) is 7.88. The van der Waals surface area contributed by atoms with Gasteiger partial charge in [-0.3, -0.25) is 9.89 Å². The summed E-state index contributed by atoms with van der Waals surface area (Å²) in [5, 5.41) is 10.1. The molecule has 1 fully saturated rings. The van der Waals surface area contributed by atoms with E-state index in [1.807, 2.05) is 18.2 Å². The number of para-hydroxylation sites is 1.